The first-order chi connectivity index (χ1) is 9.74. The molecule has 3 rings (SSSR count). The Bertz CT molecular complexity index is 717. The molecule has 2 aromatic carbocycles. The van der Waals surface area contributed by atoms with Crippen LogP contribution in [-0.2, 0) is 0 Å². The predicted octanol–water partition coefficient (Wildman–Crippen LogP) is 4.11. The lowest BCUT2D eigenvalue weighted by atomic mass is 10.1. The van der Waals surface area contributed by atoms with Crippen LogP contribution in [0.5, 0.6) is 5.75 Å². The fourth-order valence-electron chi connectivity index (χ4n) is 2.32. The van der Waals surface area contributed by atoms with Crippen molar-refractivity contribution in [2.45, 2.75) is 13.0 Å². The van der Waals surface area contributed by atoms with Gasteiger partial charge in [0, 0.05) is 29.5 Å². The summed E-state index contributed by atoms with van der Waals surface area (Å²) in [4.78, 5) is 4.19. The Labute approximate surface area is 117 Å². The van der Waals surface area contributed by atoms with E-state index in [2.05, 4.69) is 29.4 Å². The number of aromatic nitrogens is 1. The number of hydrogen-bond acceptors (Lipinski definition) is 3. The van der Waals surface area contributed by atoms with Gasteiger partial charge in [-0.15, -0.1) is 0 Å². The molecule has 20 heavy (non-hydrogen) atoms. The molecule has 0 radical (unpaired) electrons. The number of hydrogen-bond donors (Lipinski definition) is 2. The van der Waals surface area contributed by atoms with Gasteiger partial charge in [0.15, 0.2) is 0 Å². The van der Waals surface area contributed by atoms with Gasteiger partial charge in [-0.05, 0) is 42.1 Å². The van der Waals surface area contributed by atoms with Crippen LogP contribution in [0.3, 0.4) is 0 Å². The Balaban J connectivity index is 1.91. The highest BCUT2D eigenvalue weighted by molar-refractivity contribution is 5.93. The second-order valence-electron chi connectivity index (χ2n) is 4.86. The zero-order valence-corrected chi connectivity index (χ0v) is 11.2. The monoisotopic (exact) mass is 264 g/mol. The summed E-state index contributed by atoms with van der Waals surface area (Å²) in [6, 6.07) is 15.6. The molecule has 0 aliphatic heterocycles. The van der Waals surface area contributed by atoms with Crippen LogP contribution >= 0.6 is 0 Å². The molecule has 100 valence electrons. The number of benzene rings is 2. The molecule has 1 heterocycles. The van der Waals surface area contributed by atoms with Gasteiger partial charge in [-0.3, -0.25) is 4.98 Å². The number of anilines is 1. The van der Waals surface area contributed by atoms with Crippen LogP contribution in [-0.4, -0.2) is 10.1 Å². The van der Waals surface area contributed by atoms with Crippen molar-refractivity contribution >= 4 is 16.5 Å². The van der Waals surface area contributed by atoms with E-state index >= 15 is 0 Å². The second kappa shape index (κ2) is 5.21. The van der Waals surface area contributed by atoms with Gasteiger partial charge < -0.3 is 10.4 Å². The van der Waals surface area contributed by atoms with Crippen LogP contribution in [0.4, 0.5) is 5.69 Å². The molecule has 0 aliphatic rings. The average molecular weight is 264 g/mol. The third kappa shape index (κ3) is 2.43. The molecular formula is C17H16N2O. The van der Waals surface area contributed by atoms with Crippen molar-refractivity contribution in [1.29, 1.82) is 0 Å². The minimum atomic E-state index is 0.154. The molecule has 0 saturated heterocycles. The predicted molar refractivity (Wildman–Crippen MR) is 81.9 cm³/mol. The van der Waals surface area contributed by atoms with Crippen molar-refractivity contribution in [3.8, 4) is 5.75 Å². The highest BCUT2D eigenvalue weighted by atomic mass is 16.3. The van der Waals surface area contributed by atoms with Crippen LogP contribution in [0, 0.1) is 0 Å². The fourth-order valence-corrected chi connectivity index (χ4v) is 2.32. The first kappa shape index (κ1) is 12.5. The van der Waals surface area contributed by atoms with E-state index in [1.165, 1.54) is 5.39 Å². The van der Waals surface area contributed by atoms with Gasteiger partial charge in [-0.2, -0.15) is 0 Å². The lowest BCUT2D eigenvalue weighted by Crippen LogP contribution is -2.06. The molecule has 0 fully saturated rings. The molecule has 3 aromatic rings. The topological polar surface area (TPSA) is 45.2 Å². The van der Waals surface area contributed by atoms with E-state index < -0.39 is 0 Å². The maximum atomic E-state index is 9.34. The minimum absolute atomic E-state index is 0.154. The van der Waals surface area contributed by atoms with Crippen molar-refractivity contribution in [1.82, 2.24) is 4.98 Å². The number of phenols is 1. The highest BCUT2D eigenvalue weighted by Crippen LogP contribution is 2.26. The van der Waals surface area contributed by atoms with Crippen LogP contribution in [0.1, 0.15) is 18.5 Å². The molecule has 3 heteroatoms. The fraction of sp³-hybridized carbons (Fsp3) is 0.118. The Hall–Kier alpha value is -2.55. The van der Waals surface area contributed by atoms with Crippen molar-refractivity contribution in [3.05, 3.63) is 66.5 Å². The second-order valence-corrected chi connectivity index (χ2v) is 4.86. The molecule has 3 nitrogen and oxygen atoms in total. The van der Waals surface area contributed by atoms with Crippen molar-refractivity contribution < 1.29 is 5.11 Å². The van der Waals surface area contributed by atoms with E-state index in [1.807, 2.05) is 30.5 Å². The van der Waals surface area contributed by atoms with Crippen molar-refractivity contribution in [3.63, 3.8) is 0 Å². The van der Waals surface area contributed by atoms with E-state index in [4.69, 9.17) is 0 Å². The third-order valence-electron chi connectivity index (χ3n) is 3.45. The Morgan fingerprint density at radius 1 is 1.05 bits per heavy atom. The number of pyridine rings is 1. The Morgan fingerprint density at radius 2 is 1.85 bits per heavy atom. The van der Waals surface area contributed by atoms with Crippen molar-refractivity contribution in [2.75, 3.05) is 5.32 Å². The standard InChI is InChI=1S/C17H16N2O/c1-12(13-5-7-15(20)8-6-13)19-17-4-2-3-14-9-10-18-11-16(14)17/h2-12,19-20H,1H3. The maximum Gasteiger partial charge on any atom is 0.115 e. The molecule has 0 saturated carbocycles. The SMILES string of the molecule is CC(Nc1cccc2ccncc12)c1ccc(O)cc1. The van der Waals surface area contributed by atoms with Gasteiger partial charge in [0.05, 0.1) is 0 Å². The molecule has 2 N–H and O–H groups in total. The molecule has 1 atom stereocenters. The lowest BCUT2D eigenvalue weighted by molar-refractivity contribution is 0.475. The smallest absolute Gasteiger partial charge is 0.115 e. The van der Waals surface area contributed by atoms with E-state index in [0.717, 1.165) is 16.6 Å². The van der Waals surface area contributed by atoms with Crippen LogP contribution in [0.2, 0.25) is 0 Å². The Kier molecular flexibility index (Phi) is 3.25. The zero-order valence-electron chi connectivity index (χ0n) is 11.2. The first-order valence-electron chi connectivity index (χ1n) is 6.62. The van der Waals surface area contributed by atoms with Gasteiger partial charge in [0.1, 0.15) is 5.75 Å². The van der Waals surface area contributed by atoms with Crippen molar-refractivity contribution in [2.24, 2.45) is 0 Å². The minimum Gasteiger partial charge on any atom is -0.508 e. The molecule has 1 aromatic heterocycles. The number of phenolic OH excluding ortho intramolecular Hbond substituents is 1. The summed E-state index contributed by atoms with van der Waals surface area (Å²) in [5, 5.41) is 15.1. The van der Waals surface area contributed by atoms with Gasteiger partial charge in [-0.1, -0.05) is 24.3 Å². The number of rotatable bonds is 3. The molecule has 0 amide bonds. The molecule has 0 bridgehead atoms. The zero-order chi connectivity index (χ0) is 13.9. The van der Waals surface area contributed by atoms with Gasteiger partial charge in [-0.25, -0.2) is 0 Å². The quantitative estimate of drug-likeness (QED) is 0.748. The normalized spacial score (nSPS) is 12.2. The van der Waals surface area contributed by atoms with Crippen LogP contribution in [0.15, 0.2) is 60.9 Å². The maximum absolute atomic E-state index is 9.34. The first-order valence-corrected chi connectivity index (χ1v) is 6.62. The van der Waals surface area contributed by atoms with Gasteiger partial charge >= 0.3 is 0 Å². The third-order valence-corrected chi connectivity index (χ3v) is 3.45. The molecule has 0 aliphatic carbocycles. The van der Waals surface area contributed by atoms with Gasteiger partial charge in [0.25, 0.3) is 0 Å². The van der Waals surface area contributed by atoms with E-state index in [1.54, 1.807) is 18.3 Å². The number of nitrogens with zero attached hydrogens (tertiary/aromatic N) is 1. The summed E-state index contributed by atoms with van der Waals surface area (Å²) in [5.41, 5.74) is 2.19. The summed E-state index contributed by atoms with van der Waals surface area (Å²) in [7, 11) is 0. The summed E-state index contributed by atoms with van der Waals surface area (Å²) in [6.45, 7) is 2.10. The number of aromatic hydroxyl groups is 1. The highest BCUT2D eigenvalue weighted by Gasteiger charge is 2.07. The van der Waals surface area contributed by atoms with E-state index in [0.29, 0.717) is 0 Å². The van der Waals surface area contributed by atoms with Crippen LogP contribution in [0.25, 0.3) is 10.8 Å². The molecule has 0 spiro atoms. The number of nitrogens with one attached hydrogen (secondary N) is 1. The van der Waals surface area contributed by atoms with E-state index in [-0.39, 0.29) is 11.8 Å². The summed E-state index contributed by atoms with van der Waals surface area (Å²) < 4.78 is 0. The molecule has 1 unspecified atom stereocenters. The summed E-state index contributed by atoms with van der Waals surface area (Å²) in [5.74, 6) is 0.287. The largest absolute Gasteiger partial charge is 0.508 e. The summed E-state index contributed by atoms with van der Waals surface area (Å²) >= 11 is 0. The molecular weight excluding hydrogens is 248 g/mol. The number of fused-ring (bicyclic) bond motifs is 1. The summed E-state index contributed by atoms with van der Waals surface area (Å²) in [6.07, 6.45) is 3.68. The van der Waals surface area contributed by atoms with E-state index in [9.17, 15) is 5.11 Å². The average Bonchev–Trinajstić information content (AvgIpc) is 2.48. The van der Waals surface area contributed by atoms with Crippen LogP contribution < -0.4 is 5.32 Å². The lowest BCUT2D eigenvalue weighted by Gasteiger charge is -2.17. The van der Waals surface area contributed by atoms with Gasteiger partial charge in [0.2, 0.25) is 0 Å². The Morgan fingerprint density at radius 3 is 2.65 bits per heavy atom.